The highest BCUT2D eigenvalue weighted by Crippen LogP contribution is 2.35. The molecule has 1 amide bonds. The van der Waals surface area contributed by atoms with Crippen molar-refractivity contribution in [1.29, 1.82) is 0 Å². The molecule has 9 heteroatoms. The number of hydrogen-bond acceptors (Lipinski definition) is 6. The molecule has 2 aromatic carbocycles. The molecule has 156 valence electrons. The summed E-state index contributed by atoms with van der Waals surface area (Å²) in [6.07, 6.45) is 2.18. The number of sulfonamides is 1. The number of hydrogen-bond donors (Lipinski definition) is 0. The summed E-state index contributed by atoms with van der Waals surface area (Å²) in [5, 5.41) is 0. The summed E-state index contributed by atoms with van der Waals surface area (Å²) >= 11 is 1.00. The Hall–Kier alpha value is -2.36. The molecule has 2 atom stereocenters. The second-order valence-electron chi connectivity index (χ2n) is 7.98. The molecule has 5 rings (SSSR count). The van der Waals surface area contributed by atoms with E-state index in [1.165, 1.54) is 9.87 Å². The van der Waals surface area contributed by atoms with Gasteiger partial charge < -0.3 is 4.90 Å². The summed E-state index contributed by atoms with van der Waals surface area (Å²) < 4.78 is 36.6. The third-order valence-electron chi connectivity index (χ3n) is 6.04. The van der Waals surface area contributed by atoms with Crippen LogP contribution in [-0.2, 0) is 21.2 Å². The Balaban J connectivity index is 1.42. The molecule has 3 aromatic rings. The van der Waals surface area contributed by atoms with E-state index in [9.17, 15) is 13.2 Å². The van der Waals surface area contributed by atoms with Crippen molar-refractivity contribution in [2.24, 2.45) is 5.92 Å². The molecule has 1 fully saturated rings. The van der Waals surface area contributed by atoms with Crippen molar-refractivity contribution < 1.29 is 13.2 Å². The number of aromatic nitrogens is 2. The van der Waals surface area contributed by atoms with E-state index in [2.05, 4.69) is 14.8 Å². The van der Waals surface area contributed by atoms with Crippen molar-refractivity contribution in [2.75, 3.05) is 18.0 Å². The maximum atomic E-state index is 13.4. The lowest BCUT2D eigenvalue weighted by molar-refractivity contribution is -0.123. The molecule has 1 saturated heterocycles. The summed E-state index contributed by atoms with van der Waals surface area (Å²) in [7, 11) is -3.76. The highest BCUT2D eigenvalue weighted by atomic mass is 32.2. The van der Waals surface area contributed by atoms with E-state index in [0.717, 1.165) is 23.8 Å². The van der Waals surface area contributed by atoms with Crippen LogP contribution >= 0.6 is 11.7 Å². The smallest absolute Gasteiger partial charge is 0.245 e. The van der Waals surface area contributed by atoms with Crippen LogP contribution in [0, 0.1) is 5.92 Å². The first-order chi connectivity index (χ1) is 14.5. The molecule has 0 bridgehead atoms. The van der Waals surface area contributed by atoms with Crippen molar-refractivity contribution in [3.8, 4) is 0 Å². The Morgan fingerprint density at radius 2 is 1.97 bits per heavy atom. The predicted molar refractivity (Wildman–Crippen MR) is 116 cm³/mol. The Kier molecular flexibility index (Phi) is 4.83. The summed E-state index contributed by atoms with van der Waals surface area (Å²) in [5.74, 6) is -0.337. The molecule has 0 unspecified atom stereocenters. The van der Waals surface area contributed by atoms with Crippen LogP contribution in [-0.4, -0.2) is 46.5 Å². The second-order valence-corrected chi connectivity index (χ2v) is 10.4. The van der Waals surface area contributed by atoms with E-state index < -0.39 is 10.0 Å². The molecule has 0 spiro atoms. The standard InChI is InChI=1S/C21H22N4O3S2/c1-14-12-15-6-2-3-9-18(15)25(14)21(26)16-7-5-11-24(13-16)30(27,28)19-10-4-8-17-20(19)23-29-22-17/h2-4,6,8-10,14,16H,5,7,11-13H2,1H3/t14-,16-/m0/s1. The van der Waals surface area contributed by atoms with Gasteiger partial charge in [-0.1, -0.05) is 24.3 Å². The zero-order chi connectivity index (χ0) is 20.9. The van der Waals surface area contributed by atoms with Crippen molar-refractivity contribution in [3.05, 3.63) is 48.0 Å². The van der Waals surface area contributed by atoms with Crippen LogP contribution in [0.4, 0.5) is 5.69 Å². The van der Waals surface area contributed by atoms with Crippen LogP contribution < -0.4 is 4.90 Å². The van der Waals surface area contributed by atoms with Gasteiger partial charge in [0.25, 0.3) is 0 Å². The number of fused-ring (bicyclic) bond motifs is 2. The molecule has 2 aliphatic rings. The van der Waals surface area contributed by atoms with Crippen molar-refractivity contribution in [1.82, 2.24) is 13.1 Å². The Bertz CT molecular complexity index is 1220. The lowest BCUT2D eigenvalue weighted by atomic mass is 9.97. The van der Waals surface area contributed by atoms with Crippen molar-refractivity contribution in [2.45, 2.75) is 37.1 Å². The Morgan fingerprint density at radius 3 is 2.83 bits per heavy atom. The quantitative estimate of drug-likeness (QED) is 0.623. The van der Waals surface area contributed by atoms with E-state index in [4.69, 9.17) is 0 Å². The van der Waals surface area contributed by atoms with Crippen LogP contribution in [0.25, 0.3) is 11.0 Å². The Morgan fingerprint density at radius 1 is 1.13 bits per heavy atom. The number of para-hydroxylation sites is 1. The molecule has 3 heterocycles. The molecule has 1 aromatic heterocycles. The SMILES string of the molecule is C[C@H]1Cc2ccccc2N1C(=O)[C@H]1CCCN(S(=O)(=O)c2cccc3nsnc23)C1. The maximum absolute atomic E-state index is 13.4. The highest BCUT2D eigenvalue weighted by molar-refractivity contribution is 7.89. The minimum absolute atomic E-state index is 0.0147. The van der Waals surface area contributed by atoms with E-state index >= 15 is 0 Å². The maximum Gasteiger partial charge on any atom is 0.245 e. The fourth-order valence-electron chi connectivity index (χ4n) is 4.59. The summed E-state index contributed by atoms with van der Waals surface area (Å²) in [4.78, 5) is 15.5. The molecular weight excluding hydrogens is 420 g/mol. The number of piperidine rings is 1. The topological polar surface area (TPSA) is 83.5 Å². The van der Waals surface area contributed by atoms with Gasteiger partial charge in [-0.3, -0.25) is 4.79 Å². The van der Waals surface area contributed by atoms with Crippen molar-refractivity contribution >= 4 is 44.4 Å². The molecule has 0 N–H and O–H groups in total. The normalized spacial score (nSPS) is 22.4. The van der Waals surface area contributed by atoms with Gasteiger partial charge in [-0.05, 0) is 49.9 Å². The first-order valence-corrected chi connectivity index (χ1v) is 12.3. The number of nitrogens with zero attached hydrogens (tertiary/aromatic N) is 4. The third kappa shape index (κ3) is 3.12. The van der Waals surface area contributed by atoms with Gasteiger partial charge in [0.2, 0.25) is 15.9 Å². The van der Waals surface area contributed by atoms with E-state index in [-0.39, 0.29) is 29.3 Å². The van der Waals surface area contributed by atoms with E-state index in [0.29, 0.717) is 30.4 Å². The average Bonchev–Trinajstić information content (AvgIpc) is 3.36. The number of rotatable bonds is 3. The minimum Gasteiger partial charge on any atom is -0.309 e. The zero-order valence-electron chi connectivity index (χ0n) is 16.6. The summed E-state index contributed by atoms with van der Waals surface area (Å²) in [6, 6.07) is 13.1. The van der Waals surface area contributed by atoms with Gasteiger partial charge in [0.15, 0.2) is 0 Å². The zero-order valence-corrected chi connectivity index (χ0v) is 18.2. The van der Waals surface area contributed by atoms with Gasteiger partial charge in [-0.15, -0.1) is 0 Å². The Labute approximate surface area is 179 Å². The first kappa shape index (κ1) is 19.6. The van der Waals surface area contributed by atoms with Crippen LogP contribution in [0.15, 0.2) is 47.4 Å². The predicted octanol–water partition coefficient (Wildman–Crippen LogP) is 3.07. The largest absolute Gasteiger partial charge is 0.309 e. The lowest BCUT2D eigenvalue weighted by Gasteiger charge is -2.34. The van der Waals surface area contributed by atoms with Gasteiger partial charge in [0.05, 0.1) is 17.6 Å². The van der Waals surface area contributed by atoms with Gasteiger partial charge in [0, 0.05) is 24.8 Å². The number of benzene rings is 2. The molecule has 0 aliphatic carbocycles. The highest BCUT2D eigenvalue weighted by Gasteiger charge is 2.39. The van der Waals surface area contributed by atoms with Crippen LogP contribution in [0.5, 0.6) is 0 Å². The van der Waals surface area contributed by atoms with Crippen LogP contribution in [0.3, 0.4) is 0 Å². The van der Waals surface area contributed by atoms with Crippen LogP contribution in [0.1, 0.15) is 25.3 Å². The third-order valence-corrected chi connectivity index (χ3v) is 8.48. The number of carbonyl (C=O) groups excluding carboxylic acids is 1. The van der Waals surface area contributed by atoms with Crippen LogP contribution in [0.2, 0.25) is 0 Å². The van der Waals surface area contributed by atoms with Gasteiger partial charge >= 0.3 is 0 Å². The number of anilines is 1. The summed E-state index contributed by atoms with van der Waals surface area (Å²) in [5.41, 5.74) is 3.10. The fourth-order valence-corrected chi connectivity index (χ4v) is 6.87. The molecule has 2 aliphatic heterocycles. The molecule has 7 nitrogen and oxygen atoms in total. The van der Waals surface area contributed by atoms with Crippen molar-refractivity contribution in [3.63, 3.8) is 0 Å². The van der Waals surface area contributed by atoms with E-state index in [1.54, 1.807) is 18.2 Å². The second kappa shape index (κ2) is 7.40. The molecular formula is C21H22N4O3S2. The minimum atomic E-state index is -3.76. The fraction of sp³-hybridized carbons (Fsp3) is 0.381. The van der Waals surface area contributed by atoms with E-state index in [1.807, 2.05) is 30.0 Å². The number of amides is 1. The number of carbonyl (C=O) groups is 1. The average molecular weight is 443 g/mol. The molecule has 0 saturated carbocycles. The van der Waals surface area contributed by atoms with Gasteiger partial charge in [-0.2, -0.15) is 13.1 Å². The van der Waals surface area contributed by atoms with Gasteiger partial charge in [0.1, 0.15) is 15.9 Å². The monoisotopic (exact) mass is 442 g/mol. The molecule has 30 heavy (non-hydrogen) atoms. The molecule has 0 radical (unpaired) electrons. The summed E-state index contributed by atoms with van der Waals surface area (Å²) in [6.45, 7) is 2.65. The first-order valence-electron chi connectivity index (χ1n) is 10.1. The lowest BCUT2D eigenvalue weighted by Crippen LogP contribution is -2.48. The van der Waals surface area contributed by atoms with Gasteiger partial charge in [-0.25, -0.2) is 8.42 Å².